The van der Waals surface area contributed by atoms with Crippen LogP contribution in [0.15, 0.2) is 41.2 Å². The standard InChI is InChI=1S/C25H29FN2O4/c1-32-25(31)23-19(14-29)18-13-27-21(22(18)28(23)12-15-6-2-3-7-15)11-10-17(24(27)30)16-8-4-5-9-20(16)26/h4-5,8-11,15,18-19,22-23,29H,2-3,6-7,12-14H2,1H3/t18-,19-,22+,23-/m0/s1. The van der Waals surface area contributed by atoms with Crippen LogP contribution in [0.1, 0.15) is 37.4 Å². The van der Waals surface area contributed by atoms with E-state index in [-0.39, 0.29) is 36.0 Å². The number of nitrogens with zero attached hydrogens (tertiary/aromatic N) is 2. The molecule has 1 saturated heterocycles. The molecular formula is C25H29FN2O4. The molecule has 3 aliphatic rings. The molecule has 1 aliphatic carbocycles. The van der Waals surface area contributed by atoms with Crippen LogP contribution < -0.4 is 5.56 Å². The number of fused-ring (bicyclic) bond motifs is 3. The summed E-state index contributed by atoms with van der Waals surface area (Å²) in [5, 5.41) is 10.3. The van der Waals surface area contributed by atoms with Gasteiger partial charge in [-0.2, -0.15) is 0 Å². The highest BCUT2D eigenvalue weighted by Crippen LogP contribution is 2.50. The molecule has 0 unspecified atom stereocenters. The van der Waals surface area contributed by atoms with E-state index in [1.54, 1.807) is 28.8 Å². The molecule has 2 aliphatic heterocycles. The van der Waals surface area contributed by atoms with Gasteiger partial charge in [-0.05, 0) is 37.0 Å². The van der Waals surface area contributed by atoms with Gasteiger partial charge in [-0.3, -0.25) is 14.5 Å². The first-order valence-electron chi connectivity index (χ1n) is 11.5. The lowest BCUT2D eigenvalue weighted by molar-refractivity contribution is -0.148. The molecule has 0 spiro atoms. The first-order valence-corrected chi connectivity index (χ1v) is 11.5. The van der Waals surface area contributed by atoms with Gasteiger partial charge in [0, 0.05) is 42.8 Å². The van der Waals surface area contributed by atoms with E-state index >= 15 is 0 Å². The topological polar surface area (TPSA) is 71.8 Å². The zero-order chi connectivity index (χ0) is 22.4. The number of aliphatic hydroxyl groups is 1. The summed E-state index contributed by atoms with van der Waals surface area (Å²) in [5.74, 6) is -0.642. The summed E-state index contributed by atoms with van der Waals surface area (Å²) < 4.78 is 21.2. The average molecular weight is 441 g/mol. The Hall–Kier alpha value is -2.51. The Morgan fingerprint density at radius 2 is 1.91 bits per heavy atom. The van der Waals surface area contributed by atoms with Gasteiger partial charge in [0.15, 0.2) is 0 Å². The minimum absolute atomic E-state index is 0.0749. The molecule has 170 valence electrons. The highest BCUT2D eigenvalue weighted by molar-refractivity contribution is 5.77. The number of aliphatic hydroxyl groups excluding tert-OH is 1. The van der Waals surface area contributed by atoms with Crippen LogP contribution in [0.3, 0.4) is 0 Å². The molecule has 0 amide bonds. The van der Waals surface area contributed by atoms with Crippen LogP contribution in [0.2, 0.25) is 0 Å². The molecule has 0 bridgehead atoms. The fraction of sp³-hybridized carbons (Fsp3) is 0.520. The van der Waals surface area contributed by atoms with Crippen molar-refractivity contribution in [1.82, 2.24) is 9.47 Å². The van der Waals surface area contributed by atoms with Crippen LogP contribution in [-0.2, 0) is 16.1 Å². The van der Waals surface area contributed by atoms with E-state index in [2.05, 4.69) is 4.90 Å². The second kappa shape index (κ2) is 8.45. The maximum atomic E-state index is 14.4. The van der Waals surface area contributed by atoms with Gasteiger partial charge in [0.25, 0.3) is 5.56 Å². The molecule has 32 heavy (non-hydrogen) atoms. The number of likely N-dealkylation sites (tertiary alicyclic amines) is 1. The first kappa shape index (κ1) is 21.3. The maximum absolute atomic E-state index is 14.4. The van der Waals surface area contributed by atoms with E-state index in [0.717, 1.165) is 25.1 Å². The summed E-state index contributed by atoms with van der Waals surface area (Å²) >= 11 is 0. The van der Waals surface area contributed by atoms with Gasteiger partial charge in [-0.1, -0.05) is 31.0 Å². The fourth-order valence-electron chi connectivity index (χ4n) is 6.28. The molecule has 6 nitrogen and oxygen atoms in total. The predicted octanol–water partition coefficient (Wildman–Crippen LogP) is 2.98. The third-order valence-corrected chi connectivity index (χ3v) is 7.74. The molecule has 2 aromatic rings. The number of ether oxygens (including phenoxy) is 1. The minimum atomic E-state index is -0.518. The van der Waals surface area contributed by atoms with Gasteiger partial charge in [0.05, 0.1) is 18.7 Å². The molecule has 5 rings (SSSR count). The van der Waals surface area contributed by atoms with Crippen LogP contribution in [0.4, 0.5) is 4.39 Å². The number of benzene rings is 1. The van der Waals surface area contributed by atoms with Crippen LogP contribution in [-0.4, -0.2) is 46.8 Å². The quantitative estimate of drug-likeness (QED) is 0.724. The number of carbonyl (C=O) groups is 1. The number of rotatable bonds is 5. The van der Waals surface area contributed by atoms with Gasteiger partial charge >= 0.3 is 5.97 Å². The van der Waals surface area contributed by atoms with Crippen molar-refractivity contribution < 1.29 is 19.0 Å². The Balaban J connectivity index is 1.58. The number of hydrogen-bond acceptors (Lipinski definition) is 5. The molecular weight excluding hydrogens is 411 g/mol. The van der Waals surface area contributed by atoms with Gasteiger partial charge in [0.2, 0.25) is 0 Å². The summed E-state index contributed by atoms with van der Waals surface area (Å²) in [7, 11) is 1.39. The second-order valence-electron chi connectivity index (χ2n) is 9.34. The van der Waals surface area contributed by atoms with Crippen LogP contribution >= 0.6 is 0 Å². The SMILES string of the molecule is COC(=O)[C@@H]1[C@@H](CO)[C@@H]2Cn3c(ccc(-c4ccccc4F)c3=O)[C@@H]2N1CC1CCCC1. The van der Waals surface area contributed by atoms with Crippen molar-refractivity contribution in [3.63, 3.8) is 0 Å². The van der Waals surface area contributed by atoms with Crippen LogP contribution in [0, 0.1) is 23.6 Å². The third-order valence-electron chi connectivity index (χ3n) is 7.74. The third kappa shape index (κ3) is 3.30. The van der Waals surface area contributed by atoms with Crippen molar-refractivity contribution in [2.24, 2.45) is 17.8 Å². The summed E-state index contributed by atoms with van der Waals surface area (Å²) in [6, 6.07) is 9.23. The predicted molar refractivity (Wildman–Crippen MR) is 117 cm³/mol. The molecule has 0 radical (unpaired) electrons. The zero-order valence-corrected chi connectivity index (χ0v) is 18.2. The second-order valence-corrected chi connectivity index (χ2v) is 9.34. The molecule has 4 atom stereocenters. The van der Waals surface area contributed by atoms with Crippen molar-refractivity contribution in [1.29, 1.82) is 0 Å². The average Bonchev–Trinajstić information content (AvgIpc) is 3.51. The number of carbonyl (C=O) groups excluding carboxylic acids is 1. The lowest BCUT2D eigenvalue weighted by Gasteiger charge is -2.32. The summed E-state index contributed by atoms with van der Waals surface area (Å²) in [4.78, 5) is 28.3. The summed E-state index contributed by atoms with van der Waals surface area (Å²) in [5.41, 5.74) is 1.23. The summed E-state index contributed by atoms with van der Waals surface area (Å²) in [6.45, 7) is 1.01. The fourth-order valence-corrected chi connectivity index (χ4v) is 6.28. The van der Waals surface area contributed by atoms with Crippen molar-refractivity contribution in [3.8, 4) is 11.1 Å². The molecule has 1 N–H and O–H groups in total. The number of hydrogen-bond donors (Lipinski definition) is 1. The van der Waals surface area contributed by atoms with Crippen molar-refractivity contribution >= 4 is 5.97 Å². The monoisotopic (exact) mass is 440 g/mol. The zero-order valence-electron chi connectivity index (χ0n) is 18.2. The first-order chi connectivity index (χ1) is 15.5. The number of halogens is 1. The Bertz CT molecular complexity index is 1080. The molecule has 1 saturated carbocycles. The van der Waals surface area contributed by atoms with Crippen LogP contribution in [0.25, 0.3) is 11.1 Å². The van der Waals surface area contributed by atoms with Crippen molar-refractivity contribution in [2.45, 2.75) is 44.3 Å². The normalized spacial score (nSPS) is 27.5. The largest absolute Gasteiger partial charge is 0.468 e. The maximum Gasteiger partial charge on any atom is 0.323 e. The number of aromatic nitrogens is 1. The lowest BCUT2D eigenvalue weighted by Crippen LogP contribution is -2.45. The Morgan fingerprint density at radius 1 is 1.16 bits per heavy atom. The van der Waals surface area contributed by atoms with Gasteiger partial charge < -0.3 is 14.4 Å². The van der Waals surface area contributed by atoms with E-state index in [1.165, 1.54) is 26.0 Å². The highest BCUT2D eigenvalue weighted by Gasteiger charge is 2.56. The molecule has 2 fully saturated rings. The van der Waals surface area contributed by atoms with E-state index in [9.17, 15) is 19.1 Å². The van der Waals surface area contributed by atoms with Crippen LogP contribution in [0.5, 0.6) is 0 Å². The van der Waals surface area contributed by atoms with Crippen molar-refractivity contribution in [3.05, 3.63) is 58.3 Å². The van der Waals surface area contributed by atoms with Gasteiger partial charge in [0.1, 0.15) is 11.9 Å². The molecule has 1 aromatic heterocycles. The van der Waals surface area contributed by atoms with Gasteiger partial charge in [-0.25, -0.2) is 4.39 Å². The van der Waals surface area contributed by atoms with Gasteiger partial charge in [-0.15, -0.1) is 0 Å². The number of esters is 1. The molecule has 1 aromatic carbocycles. The van der Waals surface area contributed by atoms with E-state index < -0.39 is 11.9 Å². The molecule has 7 heteroatoms. The highest BCUT2D eigenvalue weighted by atomic mass is 19.1. The summed E-state index contributed by atoms with van der Waals surface area (Å²) in [6.07, 6.45) is 4.65. The number of methoxy groups -OCH3 is 1. The van der Waals surface area contributed by atoms with E-state index in [0.29, 0.717) is 23.6 Å². The van der Waals surface area contributed by atoms with Crippen molar-refractivity contribution in [2.75, 3.05) is 20.3 Å². The lowest BCUT2D eigenvalue weighted by atomic mass is 9.88. The smallest absolute Gasteiger partial charge is 0.323 e. The van der Waals surface area contributed by atoms with E-state index in [4.69, 9.17) is 4.74 Å². The Morgan fingerprint density at radius 3 is 2.59 bits per heavy atom. The Kier molecular flexibility index (Phi) is 5.63. The molecule has 3 heterocycles. The number of pyridine rings is 1. The minimum Gasteiger partial charge on any atom is -0.468 e. The Labute approximate surface area is 186 Å². The van der Waals surface area contributed by atoms with E-state index in [1.807, 2.05) is 6.07 Å².